The van der Waals surface area contributed by atoms with Gasteiger partial charge in [0.1, 0.15) is 0 Å². The molecule has 0 spiro atoms. The molecule has 0 saturated carbocycles. The van der Waals surface area contributed by atoms with Crippen LogP contribution in [0.3, 0.4) is 0 Å². The molecule has 3 nitrogen and oxygen atoms in total. The molecule has 0 aliphatic heterocycles. The van der Waals surface area contributed by atoms with Crippen molar-refractivity contribution in [2.75, 3.05) is 0 Å². The fraction of sp³-hybridized carbons (Fsp3) is 0.333. The minimum atomic E-state index is -0.811. The van der Waals surface area contributed by atoms with Crippen LogP contribution in [0.15, 0.2) is 30.6 Å². The molecule has 0 radical (unpaired) electrons. The van der Waals surface area contributed by atoms with E-state index in [4.69, 9.17) is 5.11 Å². The molecule has 0 amide bonds. The molecule has 0 saturated heterocycles. The molecule has 0 aliphatic rings. The number of carbonyl (C=O) groups is 1. The Labute approximate surface area is 106 Å². The quantitative estimate of drug-likeness (QED) is 0.881. The van der Waals surface area contributed by atoms with Gasteiger partial charge in [-0.1, -0.05) is 32.9 Å². The van der Waals surface area contributed by atoms with Gasteiger partial charge in [-0.05, 0) is 28.0 Å². The zero-order valence-electron chi connectivity index (χ0n) is 10.9. The molecule has 2 rings (SSSR count). The number of benzene rings is 1. The van der Waals surface area contributed by atoms with Crippen molar-refractivity contribution in [3.8, 4) is 0 Å². The molecule has 0 bridgehead atoms. The van der Waals surface area contributed by atoms with Gasteiger partial charge < -0.3 is 5.11 Å². The second kappa shape index (κ2) is 4.41. The number of hydrogen-bond donors (Lipinski definition) is 1. The minimum absolute atomic E-state index is 0.0286. The third-order valence-corrected chi connectivity index (χ3v) is 2.99. The predicted molar refractivity (Wildman–Crippen MR) is 71.8 cm³/mol. The first-order valence-corrected chi connectivity index (χ1v) is 5.97. The Morgan fingerprint density at radius 2 is 2.00 bits per heavy atom. The van der Waals surface area contributed by atoms with Crippen molar-refractivity contribution in [3.05, 3.63) is 41.7 Å². The maximum absolute atomic E-state index is 10.7. The van der Waals surface area contributed by atoms with Crippen LogP contribution in [0.5, 0.6) is 0 Å². The summed E-state index contributed by atoms with van der Waals surface area (Å²) in [6, 6.07) is 5.78. The zero-order chi connectivity index (χ0) is 13.3. The molecular weight excluding hydrogens is 226 g/mol. The number of aromatic nitrogens is 1. The van der Waals surface area contributed by atoms with Crippen molar-refractivity contribution in [2.45, 2.75) is 32.6 Å². The summed E-state index contributed by atoms with van der Waals surface area (Å²) in [5, 5.41) is 11.0. The highest BCUT2D eigenvalue weighted by Crippen LogP contribution is 2.29. The summed E-state index contributed by atoms with van der Waals surface area (Å²) in [5.74, 6) is -0.811. The number of nitrogens with zero attached hydrogens (tertiary/aromatic N) is 1. The van der Waals surface area contributed by atoms with E-state index in [1.165, 1.54) is 5.56 Å². The maximum atomic E-state index is 10.7. The average molecular weight is 243 g/mol. The van der Waals surface area contributed by atoms with Crippen molar-refractivity contribution in [1.29, 1.82) is 0 Å². The number of hydrogen-bond acceptors (Lipinski definition) is 2. The Kier molecular flexibility index (Phi) is 3.07. The van der Waals surface area contributed by atoms with E-state index in [0.29, 0.717) is 0 Å². The van der Waals surface area contributed by atoms with E-state index in [2.05, 4.69) is 25.8 Å². The third kappa shape index (κ3) is 2.50. The van der Waals surface area contributed by atoms with Crippen molar-refractivity contribution >= 4 is 16.7 Å². The highest BCUT2D eigenvalue weighted by molar-refractivity contribution is 5.87. The standard InChI is InChI=1S/C15H17NO2/c1-15(2,3)13-9-16-8-11-6-10(7-14(17)18)4-5-12(11)13/h4-6,8-9H,7H2,1-3H3,(H,17,18). The topological polar surface area (TPSA) is 50.2 Å². The van der Waals surface area contributed by atoms with E-state index in [0.717, 1.165) is 16.3 Å². The second-order valence-electron chi connectivity index (χ2n) is 5.56. The van der Waals surface area contributed by atoms with Gasteiger partial charge in [0, 0.05) is 17.8 Å². The van der Waals surface area contributed by atoms with Gasteiger partial charge in [-0.25, -0.2) is 0 Å². The van der Waals surface area contributed by atoms with Gasteiger partial charge in [0.2, 0.25) is 0 Å². The SMILES string of the molecule is CC(C)(C)c1cncc2cc(CC(=O)O)ccc12. The Bertz CT molecular complexity index is 597. The van der Waals surface area contributed by atoms with E-state index in [1.807, 2.05) is 24.4 Å². The predicted octanol–water partition coefficient (Wildman–Crippen LogP) is 3.16. The average Bonchev–Trinajstić information content (AvgIpc) is 2.25. The molecule has 1 N–H and O–H groups in total. The molecule has 2 aromatic rings. The van der Waals surface area contributed by atoms with Gasteiger partial charge >= 0.3 is 5.97 Å². The summed E-state index contributed by atoms with van der Waals surface area (Å²) >= 11 is 0. The monoisotopic (exact) mass is 243 g/mol. The van der Waals surface area contributed by atoms with Gasteiger partial charge in [-0.3, -0.25) is 9.78 Å². The zero-order valence-corrected chi connectivity index (χ0v) is 10.9. The van der Waals surface area contributed by atoms with Gasteiger partial charge in [0.05, 0.1) is 6.42 Å². The van der Waals surface area contributed by atoms with Gasteiger partial charge in [0.15, 0.2) is 0 Å². The molecule has 1 aromatic carbocycles. The third-order valence-electron chi connectivity index (χ3n) is 2.99. The second-order valence-corrected chi connectivity index (χ2v) is 5.56. The van der Waals surface area contributed by atoms with Crippen LogP contribution in [0.1, 0.15) is 31.9 Å². The summed E-state index contributed by atoms with van der Waals surface area (Å²) in [4.78, 5) is 15.0. The lowest BCUT2D eigenvalue weighted by Crippen LogP contribution is -2.12. The molecule has 94 valence electrons. The van der Waals surface area contributed by atoms with Gasteiger partial charge in [0.25, 0.3) is 0 Å². The Morgan fingerprint density at radius 1 is 1.28 bits per heavy atom. The highest BCUT2D eigenvalue weighted by atomic mass is 16.4. The Balaban J connectivity index is 2.57. The number of aliphatic carboxylic acids is 1. The van der Waals surface area contributed by atoms with Crippen LogP contribution in [0.2, 0.25) is 0 Å². The molecule has 18 heavy (non-hydrogen) atoms. The summed E-state index contributed by atoms with van der Waals surface area (Å²) in [7, 11) is 0. The molecule has 0 unspecified atom stereocenters. The molecular formula is C15H17NO2. The summed E-state index contributed by atoms with van der Waals surface area (Å²) in [6.07, 6.45) is 3.73. The number of carboxylic acids is 1. The normalized spacial score (nSPS) is 11.7. The molecule has 1 aromatic heterocycles. The van der Waals surface area contributed by atoms with E-state index < -0.39 is 5.97 Å². The van der Waals surface area contributed by atoms with Crippen LogP contribution < -0.4 is 0 Å². The lowest BCUT2D eigenvalue weighted by Gasteiger charge is -2.20. The molecule has 1 heterocycles. The lowest BCUT2D eigenvalue weighted by atomic mass is 9.85. The number of fused-ring (bicyclic) bond motifs is 1. The van der Waals surface area contributed by atoms with E-state index in [-0.39, 0.29) is 11.8 Å². The van der Waals surface area contributed by atoms with Crippen molar-refractivity contribution in [1.82, 2.24) is 4.98 Å². The highest BCUT2D eigenvalue weighted by Gasteiger charge is 2.17. The van der Waals surface area contributed by atoms with Crippen molar-refractivity contribution in [2.24, 2.45) is 0 Å². The van der Waals surface area contributed by atoms with Crippen molar-refractivity contribution in [3.63, 3.8) is 0 Å². The van der Waals surface area contributed by atoms with Gasteiger partial charge in [-0.2, -0.15) is 0 Å². The van der Waals surface area contributed by atoms with Crippen LogP contribution in [0.4, 0.5) is 0 Å². The molecule has 0 fully saturated rings. The fourth-order valence-electron chi connectivity index (χ4n) is 2.11. The Morgan fingerprint density at radius 3 is 2.61 bits per heavy atom. The fourth-order valence-corrected chi connectivity index (χ4v) is 2.11. The summed E-state index contributed by atoms with van der Waals surface area (Å²) in [5.41, 5.74) is 2.02. The number of pyridine rings is 1. The smallest absolute Gasteiger partial charge is 0.307 e. The largest absolute Gasteiger partial charge is 0.481 e. The van der Waals surface area contributed by atoms with Crippen LogP contribution >= 0.6 is 0 Å². The lowest BCUT2D eigenvalue weighted by molar-refractivity contribution is -0.136. The maximum Gasteiger partial charge on any atom is 0.307 e. The summed E-state index contributed by atoms with van der Waals surface area (Å²) in [6.45, 7) is 6.44. The first-order valence-electron chi connectivity index (χ1n) is 5.97. The number of carboxylic acid groups (broad SMARTS) is 1. The van der Waals surface area contributed by atoms with E-state index in [1.54, 1.807) is 6.20 Å². The van der Waals surface area contributed by atoms with Crippen LogP contribution in [0, 0.1) is 0 Å². The first kappa shape index (κ1) is 12.6. The van der Waals surface area contributed by atoms with Crippen LogP contribution in [-0.2, 0) is 16.6 Å². The minimum Gasteiger partial charge on any atom is -0.481 e. The molecule has 0 aliphatic carbocycles. The van der Waals surface area contributed by atoms with Crippen LogP contribution in [-0.4, -0.2) is 16.1 Å². The van der Waals surface area contributed by atoms with E-state index >= 15 is 0 Å². The molecule has 0 atom stereocenters. The number of rotatable bonds is 2. The van der Waals surface area contributed by atoms with Crippen LogP contribution in [0.25, 0.3) is 10.8 Å². The summed E-state index contributed by atoms with van der Waals surface area (Å²) < 4.78 is 0. The van der Waals surface area contributed by atoms with Crippen molar-refractivity contribution < 1.29 is 9.90 Å². The van der Waals surface area contributed by atoms with Gasteiger partial charge in [-0.15, -0.1) is 0 Å². The first-order chi connectivity index (χ1) is 8.38. The Hall–Kier alpha value is -1.90. The van der Waals surface area contributed by atoms with E-state index in [9.17, 15) is 4.79 Å². The molecule has 3 heteroatoms.